The van der Waals surface area contributed by atoms with Crippen LogP contribution < -0.4 is 10.2 Å². The molecule has 170 valence electrons. The second-order valence-corrected chi connectivity index (χ2v) is 7.83. The van der Waals surface area contributed by atoms with Crippen LogP contribution in [0.1, 0.15) is 53.6 Å². The van der Waals surface area contributed by atoms with E-state index >= 15 is 0 Å². The van der Waals surface area contributed by atoms with E-state index in [0.717, 1.165) is 24.5 Å². The van der Waals surface area contributed by atoms with E-state index in [1.165, 1.54) is 25.1 Å². The van der Waals surface area contributed by atoms with E-state index in [4.69, 9.17) is 0 Å². The number of aryl methyl sites for hydroxylation is 1. The van der Waals surface area contributed by atoms with E-state index in [0.29, 0.717) is 40.3 Å². The summed E-state index contributed by atoms with van der Waals surface area (Å²) in [5.74, 6) is -1.66. The summed E-state index contributed by atoms with van der Waals surface area (Å²) in [7, 11) is 0. The molecule has 1 aromatic carbocycles. The highest BCUT2D eigenvalue weighted by Crippen LogP contribution is 2.38. The highest BCUT2D eigenvalue weighted by molar-refractivity contribution is 6.42. The van der Waals surface area contributed by atoms with Crippen molar-refractivity contribution in [3.63, 3.8) is 0 Å². The van der Waals surface area contributed by atoms with Crippen molar-refractivity contribution in [2.24, 2.45) is 0 Å². The second kappa shape index (κ2) is 9.48. The second-order valence-electron chi connectivity index (χ2n) is 7.83. The van der Waals surface area contributed by atoms with Crippen LogP contribution in [0.3, 0.4) is 0 Å². The highest BCUT2D eigenvalue weighted by atomic mass is 19.1. The average Bonchev–Trinajstić information content (AvgIpc) is 3.18. The number of aromatic amines is 1. The first-order chi connectivity index (χ1) is 15.2. The molecule has 0 atom stereocenters. The number of carbonyl (C=O) groups excluding carboxylic acids is 3. The quantitative estimate of drug-likeness (QED) is 0.647. The molecule has 0 spiro atoms. The third kappa shape index (κ3) is 4.36. The Balaban J connectivity index is 1.92. The number of nitrogens with one attached hydrogen (secondary N) is 2. The molecule has 0 unspecified atom stereocenters. The van der Waals surface area contributed by atoms with Crippen LogP contribution >= 0.6 is 0 Å². The van der Waals surface area contributed by atoms with Gasteiger partial charge in [0.2, 0.25) is 5.91 Å². The van der Waals surface area contributed by atoms with Gasteiger partial charge in [-0.15, -0.1) is 0 Å². The molecule has 7 nitrogen and oxygen atoms in total. The van der Waals surface area contributed by atoms with Crippen molar-refractivity contribution in [3.05, 3.63) is 52.1 Å². The Kier molecular flexibility index (Phi) is 6.93. The van der Waals surface area contributed by atoms with Gasteiger partial charge in [0.1, 0.15) is 5.82 Å². The molecule has 8 heteroatoms. The number of imide groups is 1. The van der Waals surface area contributed by atoms with Crippen molar-refractivity contribution >= 4 is 35.1 Å². The number of fused-ring (bicyclic) bond motifs is 1. The normalized spacial score (nSPS) is 14.4. The highest BCUT2D eigenvalue weighted by Gasteiger charge is 2.35. The summed E-state index contributed by atoms with van der Waals surface area (Å²) in [6, 6.07) is 3.88. The number of likely N-dealkylation sites (N-methyl/N-ethyl adjacent to an activating group) is 1. The van der Waals surface area contributed by atoms with Gasteiger partial charge >= 0.3 is 0 Å². The number of nitrogens with zero attached hydrogens (tertiary/aromatic N) is 2. The van der Waals surface area contributed by atoms with Gasteiger partial charge in [-0.05, 0) is 56.8 Å². The van der Waals surface area contributed by atoms with Crippen LogP contribution in [-0.4, -0.2) is 53.8 Å². The zero-order valence-corrected chi connectivity index (χ0v) is 19.1. The third-order valence-electron chi connectivity index (χ3n) is 5.84. The van der Waals surface area contributed by atoms with Gasteiger partial charge < -0.3 is 15.2 Å². The van der Waals surface area contributed by atoms with Crippen molar-refractivity contribution in [2.45, 2.75) is 34.6 Å². The Bertz CT molecular complexity index is 1100. The number of hydrogen-bond acceptors (Lipinski definition) is 4. The lowest BCUT2D eigenvalue weighted by atomic mass is 10.0. The molecule has 0 bridgehead atoms. The van der Waals surface area contributed by atoms with E-state index < -0.39 is 17.6 Å². The van der Waals surface area contributed by atoms with Gasteiger partial charge in [0.25, 0.3) is 11.8 Å². The fraction of sp³-hybridized carbons (Fsp3) is 0.375. The van der Waals surface area contributed by atoms with E-state index in [1.807, 2.05) is 0 Å². The standard InChI is InChI=1S/C24H29FN4O3/c1-6-28(7-2)11-10-26-23(31)22-14(3)20(27-15(22)4)13-19-18-12-17(25)8-9-21(18)29(16(5)30)24(19)32/h8-9,12-13,27H,6-7,10-11H2,1-5H3,(H,26,31)/b19-13-. The number of hydrogen-bond donors (Lipinski definition) is 2. The number of aromatic nitrogens is 1. The summed E-state index contributed by atoms with van der Waals surface area (Å²) < 4.78 is 13.9. The summed E-state index contributed by atoms with van der Waals surface area (Å²) in [4.78, 5) is 44.2. The van der Waals surface area contributed by atoms with Crippen molar-refractivity contribution in [2.75, 3.05) is 31.1 Å². The number of carbonyl (C=O) groups is 3. The molecular formula is C24H29FN4O3. The Labute approximate surface area is 187 Å². The molecule has 0 saturated heterocycles. The van der Waals surface area contributed by atoms with Gasteiger partial charge in [0.05, 0.1) is 16.8 Å². The molecule has 0 aliphatic carbocycles. The van der Waals surface area contributed by atoms with Gasteiger partial charge in [0, 0.05) is 37.0 Å². The summed E-state index contributed by atoms with van der Waals surface area (Å²) in [6.45, 7) is 12.2. The number of H-pyrrole nitrogens is 1. The summed E-state index contributed by atoms with van der Waals surface area (Å²) >= 11 is 0. The number of rotatable bonds is 7. The van der Waals surface area contributed by atoms with Gasteiger partial charge in [0.15, 0.2) is 0 Å². The first-order valence-corrected chi connectivity index (χ1v) is 10.8. The molecule has 2 N–H and O–H groups in total. The molecule has 1 aliphatic heterocycles. The van der Waals surface area contributed by atoms with Gasteiger partial charge in [-0.1, -0.05) is 13.8 Å². The molecule has 0 fully saturated rings. The van der Waals surface area contributed by atoms with Crippen LogP contribution in [-0.2, 0) is 9.59 Å². The number of amides is 3. The zero-order chi connectivity index (χ0) is 23.6. The lowest BCUT2D eigenvalue weighted by molar-refractivity contribution is -0.122. The molecule has 1 aromatic heterocycles. The van der Waals surface area contributed by atoms with Crippen LogP contribution in [0.5, 0.6) is 0 Å². The Morgan fingerprint density at radius 3 is 2.53 bits per heavy atom. The Hall–Kier alpha value is -3.26. The van der Waals surface area contributed by atoms with E-state index in [-0.39, 0.29) is 11.5 Å². The van der Waals surface area contributed by atoms with E-state index in [1.54, 1.807) is 19.9 Å². The minimum Gasteiger partial charge on any atom is -0.358 e. The molecule has 3 amide bonds. The third-order valence-corrected chi connectivity index (χ3v) is 5.84. The fourth-order valence-corrected chi connectivity index (χ4v) is 4.08. The molecule has 32 heavy (non-hydrogen) atoms. The zero-order valence-electron chi connectivity index (χ0n) is 19.1. The Morgan fingerprint density at radius 1 is 1.22 bits per heavy atom. The molecule has 2 aromatic rings. The first kappa shape index (κ1) is 23.4. The maximum absolute atomic E-state index is 13.9. The van der Waals surface area contributed by atoms with Crippen LogP contribution in [0.25, 0.3) is 11.6 Å². The van der Waals surface area contributed by atoms with E-state index in [2.05, 4.69) is 29.0 Å². The lowest BCUT2D eigenvalue weighted by Gasteiger charge is -2.18. The van der Waals surface area contributed by atoms with Crippen molar-refractivity contribution in [3.8, 4) is 0 Å². The first-order valence-electron chi connectivity index (χ1n) is 10.8. The van der Waals surface area contributed by atoms with Crippen LogP contribution in [0, 0.1) is 19.7 Å². The maximum Gasteiger partial charge on any atom is 0.265 e. The van der Waals surface area contributed by atoms with Crippen molar-refractivity contribution in [1.82, 2.24) is 15.2 Å². The average molecular weight is 441 g/mol. The predicted molar refractivity (Wildman–Crippen MR) is 123 cm³/mol. The van der Waals surface area contributed by atoms with E-state index in [9.17, 15) is 18.8 Å². The van der Waals surface area contributed by atoms with Gasteiger partial charge in [-0.3, -0.25) is 14.4 Å². The number of halogens is 1. The number of anilines is 1. The predicted octanol–water partition coefficient (Wildman–Crippen LogP) is 3.28. The topological polar surface area (TPSA) is 85.5 Å². The number of benzene rings is 1. The minimum absolute atomic E-state index is 0.192. The molecule has 3 rings (SSSR count). The molecular weight excluding hydrogens is 411 g/mol. The molecule has 2 heterocycles. The molecule has 1 aliphatic rings. The SMILES string of the molecule is CCN(CC)CCNC(=O)c1c(C)[nH]c(/C=C2\C(=O)N(C(C)=O)c3ccc(F)cc32)c1C. The summed E-state index contributed by atoms with van der Waals surface area (Å²) in [6.07, 6.45) is 1.58. The smallest absolute Gasteiger partial charge is 0.265 e. The molecule has 0 saturated carbocycles. The van der Waals surface area contributed by atoms with Crippen molar-refractivity contribution < 1.29 is 18.8 Å². The summed E-state index contributed by atoms with van der Waals surface area (Å²) in [5.41, 5.74) is 3.34. The fourth-order valence-electron chi connectivity index (χ4n) is 4.08. The summed E-state index contributed by atoms with van der Waals surface area (Å²) in [5, 5.41) is 2.95. The molecule has 0 radical (unpaired) electrons. The Morgan fingerprint density at radius 2 is 1.91 bits per heavy atom. The van der Waals surface area contributed by atoms with Gasteiger partial charge in [-0.2, -0.15) is 0 Å². The minimum atomic E-state index is -0.519. The maximum atomic E-state index is 13.9. The monoisotopic (exact) mass is 440 g/mol. The van der Waals surface area contributed by atoms with Crippen LogP contribution in [0.2, 0.25) is 0 Å². The lowest BCUT2D eigenvalue weighted by Crippen LogP contribution is -2.35. The largest absolute Gasteiger partial charge is 0.358 e. The van der Waals surface area contributed by atoms with Crippen molar-refractivity contribution in [1.29, 1.82) is 0 Å². The van der Waals surface area contributed by atoms with Crippen LogP contribution in [0.4, 0.5) is 10.1 Å². The van der Waals surface area contributed by atoms with Gasteiger partial charge in [-0.25, -0.2) is 9.29 Å². The van der Waals surface area contributed by atoms with Crippen LogP contribution in [0.15, 0.2) is 18.2 Å².